The predicted octanol–water partition coefficient (Wildman–Crippen LogP) is 1.48. The maximum absolute atomic E-state index is 5.59. The second kappa shape index (κ2) is 5.48. The summed E-state index contributed by atoms with van der Waals surface area (Å²) in [5, 5.41) is 3.41. The lowest BCUT2D eigenvalue weighted by atomic mass is 9.94. The third kappa shape index (κ3) is 2.58. The second-order valence-corrected chi connectivity index (χ2v) is 5.49. The van der Waals surface area contributed by atoms with Crippen LogP contribution in [0.4, 0.5) is 0 Å². The molecule has 3 nitrogen and oxygen atoms in total. The van der Waals surface area contributed by atoms with Crippen molar-refractivity contribution >= 4 is 0 Å². The zero-order valence-electron chi connectivity index (χ0n) is 10.9. The Morgan fingerprint density at radius 2 is 2.06 bits per heavy atom. The summed E-state index contributed by atoms with van der Waals surface area (Å²) in [5.41, 5.74) is 0. The minimum atomic E-state index is 0.447. The first-order valence-corrected chi connectivity index (χ1v) is 6.68. The van der Waals surface area contributed by atoms with Crippen LogP contribution in [0.3, 0.4) is 0 Å². The quantitative estimate of drug-likeness (QED) is 0.789. The highest BCUT2D eigenvalue weighted by Crippen LogP contribution is 2.28. The number of nitrogens with zero attached hydrogens (tertiary/aromatic N) is 1. The maximum atomic E-state index is 5.59. The number of hydrogen-bond donors (Lipinski definition) is 1. The van der Waals surface area contributed by atoms with Crippen molar-refractivity contribution in [2.45, 2.75) is 50.8 Å². The minimum absolute atomic E-state index is 0.447. The van der Waals surface area contributed by atoms with E-state index < -0.39 is 0 Å². The van der Waals surface area contributed by atoms with Crippen LogP contribution in [0.25, 0.3) is 0 Å². The summed E-state index contributed by atoms with van der Waals surface area (Å²) in [7, 11) is 3.94. The summed E-state index contributed by atoms with van der Waals surface area (Å²) in [6.07, 6.45) is 5.75. The van der Waals surface area contributed by atoms with Gasteiger partial charge in [0, 0.05) is 25.7 Å². The Bertz CT molecular complexity index is 222. The van der Waals surface area contributed by atoms with Gasteiger partial charge in [-0.25, -0.2) is 0 Å². The fourth-order valence-electron chi connectivity index (χ4n) is 3.25. The van der Waals surface area contributed by atoms with E-state index in [4.69, 9.17) is 4.74 Å². The van der Waals surface area contributed by atoms with Crippen LogP contribution in [0.15, 0.2) is 0 Å². The van der Waals surface area contributed by atoms with E-state index in [-0.39, 0.29) is 0 Å². The highest BCUT2D eigenvalue weighted by Gasteiger charge is 2.33. The minimum Gasteiger partial charge on any atom is -0.380 e. The molecule has 0 aromatic carbocycles. The molecule has 94 valence electrons. The Kier molecular flexibility index (Phi) is 4.22. The standard InChI is InChI=1S/C13H26N2O/c1-10-6-7-15(9-13(10)16-3)12-5-4-11(8-12)14-2/h10-14H,4-9H2,1-3H3. The summed E-state index contributed by atoms with van der Waals surface area (Å²) >= 11 is 0. The Morgan fingerprint density at radius 1 is 1.25 bits per heavy atom. The van der Waals surface area contributed by atoms with E-state index in [1.54, 1.807) is 0 Å². The van der Waals surface area contributed by atoms with Crippen molar-refractivity contribution in [1.29, 1.82) is 0 Å². The van der Waals surface area contributed by atoms with Crippen LogP contribution in [0, 0.1) is 5.92 Å². The number of ether oxygens (including phenoxy) is 1. The fraction of sp³-hybridized carbons (Fsp3) is 1.00. The molecule has 1 aliphatic carbocycles. The van der Waals surface area contributed by atoms with Gasteiger partial charge < -0.3 is 10.1 Å². The van der Waals surface area contributed by atoms with Crippen molar-refractivity contribution in [1.82, 2.24) is 10.2 Å². The normalized spacial score (nSPS) is 41.4. The van der Waals surface area contributed by atoms with Gasteiger partial charge in [-0.1, -0.05) is 6.92 Å². The molecule has 2 aliphatic rings. The average Bonchev–Trinajstić information content (AvgIpc) is 2.78. The largest absolute Gasteiger partial charge is 0.380 e. The van der Waals surface area contributed by atoms with Gasteiger partial charge in [0.1, 0.15) is 0 Å². The smallest absolute Gasteiger partial charge is 0.0724 e. The second-order valence-electron chi connectivity index (χ2n) is 5.49. The van der Waals surface area contributed by atoms with Crippen LogP contribution in [-0.2, 0) is 4.74 Å². The Labute approximate surface area is 99.5 Å². The van der Waals surface area contributed by atoms with E-state index in [9.17, 15) is 0 Å². The van der Waals surface area contributed by atoms with Crippen molar-refractivity contribution in [3.63, 3.8) is 0 Å². The van der Waals surface area contributed by atoms with Gasteiger partial charge in [-0.05, 0) is 45.2 Å². The van der Waals surface area contributed by atoms with Crippen molar-refractivity contribution in [2.24, 2.45) is 5.92 Å². The molecule has 4 unspecified atom stereocenters. The van der Waals surface area contributed by atoms with Crippen LogP contribution in [0.5, 0.6) is 0 Å². The first-order chi connectivity index (χ1) is 7.74. The van der Waals surface area contributed by atoms with Crippen molar-refractivity contribution in [3.05, 3.63) is 0 Å². The zero-order chi connectivity index (χ0) is 11.5. The molecule has 0 bridgehead atoms. The van der Waals surface area contributed by atoms with Gasteiger partial charge in [0.05, 0.1) is 6.10 Å². The number of likely N-dealkylation sites (tertiary alicyclic amines) is 1. The van der Waals surface area contributed by atoms with Crippen molar-refractivity contribution in [2.75, 3.05) is 27.2 Å². The molecule has 0 spiro atoms. The molecule has 2 fully saturated rings. The van der Waals surface area contributed by atoms with Crippen molar-refractivity contribution < 1.29 is 4.74 Å². The van der Waals surface area contributed by atoms with Crippen LogP contribution < -0.4 is 5.32 Å². The SMILES string of the molecule is CNC1CCC(N2CCC(C)C(OC)C2)C1. The van der Waals surface area contributed by atoms with Gasteiger partial charge in [0.15, 0.2) is 0 Å². The molecule has 2 rings (SSSR count). The third-order valence-corrected chi connectivity index (χ3v) is 4.55. The zero-order valence-corrected chi connectivity index (χ0v) is 10.9. The number of nitrogens with one attached hydrogen (secondary N) is 1. The van der Waals surface area contributed by atoms with Gasteiger partial charge in [-0.3, -0.25) is 4.90 Å². The van der Waals surface area contributed by atoms with Crippen LogP contribution in [0.2, 0.25) is 0 Å². The Morgan fingerprint density at radius 3 is 2.69 bits per heavy atom. The van der Waals surface area contributed by atoms with E-state index in [1.807, 2.05) is 7.11 Å². The molecule has 1 saturated heterocycles. The lowest BCUT2D eigenvalue weighted by molar-refractivity contribution is -0.0183. The summed E-state index contributed by atoms with van der Waals surface area (Å²) in [6.45, 7) is 4.72. The van der Waals surface area contributed by atoms with E-state index in [0.717, 1.165) is 24.5 Å². The van der Waals surface area contributed by atoms with Crippen LogP contribution >= 0.6 is 0 Å². The molecule has 3 heteroatoms. The number of hydrogen-bond acceptors (Lipinski definition) is 3. The van der Waals surface area contributed by atoms with Crippen LogP contribution in [-0.4, -0.2) is 50.3 Å². The van der Waals surface area contributed by atoms with Gasteiger partial charge in [0.2, 0.25) is 0 Å². The summed E-state index contributed by atoms with van der Waals surface area (Å²) in [4.78, 5) is 2.66. The summed E-state index contributed by atoms with van der Waals surface area (Å²) in [6, 6.07) is 1.54. The Balaban J connectivity index is 1.86. The number of rotatable bonds is 3. The monoisotopic (exact) mass is 226 g/mol. The topological polar surface area (TPSA) is 24.5 Å². The molecule has 0 radical (unpaired) electrons. The summed E-state index contributed by atoms with van der Waals surface area (Å²) in [5.74, 6) is 0.725. The fourth-order valence-corrected chi connectivity index (χ4v) is 3.25. The highest BCUT2D eigenvalue weighted by atomic mass is 16.5. The first-order valence-electron chi connectivity index (χ1n) is 6.68. The van der Waals surface area contributed by atoms with E-state index in [1.165, 1.54) is 32.2 Å². The molecular weight excluding hydrogens is 200 g/mol. The molecular formula is C13H26N2O. The lowest BCUT2D eigenvalue weighted by Gasteiger charge is -2.39. The molecule has 4 atom stereocenters. The maximum Gasteiger partial charge on any atom is 0.0724 e. The Hall–Kier alpha value is -0.120. The van der Waals surface area contributed by atoms with Gasteiger partial charge in [-0.15, -0.1) is 0 Å². The van der Waals surface area contributed by atoms with Gasteiger partial charge in [0.25, 0.3) is 0 Å². The molecule has 1 saturated carbocycles. The van der Waals surface area contributed by atoms with Gasteiger partial charge >= 0.3 is 0 Å². The molecule has 0 amide bonds. The van der Waals surface area contributed by atoms with Gasteiger partial charge in [-0.2, -0.15) is 0 Å². The predicted molar refractivity (Wildman–Crippen MR) is 66.6 cm³/mol. The molecule has 1 N–H and O–H groups in total. The number of piperidine rings is 1. The van der Waals surface area contributed by atoms with E-state index in [0.29, 0.717) is 6.10 Å². The lowest BCUT2D eigenvalue weighted by Crippen LogP contribution is -2.48. The highest BCUT2D eigenvalue weighted by molar-refractivity contribution is 4.90. The first kappa shape index (κ1) is 12.3. The third-order valence-electron chi connectivity index (χ3n) is 4.55. The molecule has 0 aromatic heterocycles. The number of methoxy groups -OCH3 is 1. The summed E-state index contributed by atoms with van der Waals surface area (Å²) < 4.78 is 5.59. The van der Waals surface area contributed by atoms with E-state index >= 15 is 0 Å². The molecule has 1 aliphatic heterocycles. The van der Waals surface area contributed by atoms with E-state index in [2.05, 4.69) is 24.2 Å². The van der Waals surface area contributed by atoms with Crippen molar-refractivity contribution in [3.8, 4) is 0 Å². The van der Waals surface area contributed by atoms with Crippen LogP contribution in [0.1, 0.15) is 32.6 Å². The molecule has 16 heavy (non-hydrogen) atoms. The molecule has 1 heterocycles. The molecule has 0 aromatic rings. The average molecular weight is 226 g/mol.